The molecule has 0 aliphatic heterocycles. The van der Waals surface area contributed by atoms with Crippen LogP contribution in [0.25, 0.3) is 0 Å². The maximum atomic E-state index is 11.8. The minimum Gasteiger partial charge on any atom is -0.367 e. The molecule has 106 valence electrons. The molecule has 0 aliphatic rings. The Kier molecular flexibility index (Phi) is 4.74. The SMILES string of the molecule is CC(Cc1ccsc1)Nc1ccc(C(=O)N(C)C)cn1. The summed E-state index contributed by atoms with van der Waals surface area (Å²) < 4.78 is 0. The monoisotopic (exact) mass is 289 g/mol. The van der Waals surface area contributed by atoms with Gasteiger partial charge in [-0.2, -0.15) is 11.3 Å². The van der Waals surface area contributed by atoms with Gasteiger partial charge in [-0.15, -0.1) is 0 Å². The lowest BCUT2D eigenvalue weighted by Gasteiger charge is -2.14. The summed E-state index contributed by atoms with van der Waals surface area (Å²) in [5.41, 5.74) is 1.93. The van der Waals surface area contributed by atoms with E-state index in [-0.39, 0.29) is 5.91 Å². The number of nitrogens with zero attached hydrogens (tertiary/aromatic N) is 2. The molecule has 1 atom stereocenters. The molecule has 1 N–H and O–H groups in total. The van der Waals surface area contributed by atoms with Crippen molar-refractivity contribution in [2.24, 2.45) is 0 Å². The molecule has 0 bridgehead atoms. The molecule has 2 heterocycles. The minimum atomic E-state index is -0.0321. The molecule has 2 aromatic rings. The summed E-state index contributed by atoms with van der Waals surface area (Å²) in [4.78, 5) is 17.6. The summed E-state index contributed by atoms with van der Waals surface area (Å²) in [6.45, 7) is 2.12. The van der Waals surface area contributed by atoms with Gasteiger partial charge in [0.05, 0.1) is 5.56 Å². The molecule has 1 amide bonds. The van der Waals surface area contributed by atoms with Crippen LogP contribution in [-0.4, -0.2) is 35.9 Å². The van der Waals surface area contributed by atoms with Gasteiger partial charge in [-0.05, 0) is 47.9 Å². The first-order valence-electron chi connectivity index (χ1n) is 6.51. The molecule has 2 aromatic heterocycles. The number of thiophene rings is 1. The van der Waals surface area contributed by atoms with E-state index >= 15 is 0 Å². The van der Waals surface area contributed by atoms with Gasteiger partial charge < -0.3 is 10.2 Å². The van der Waals surface area contributed by atoms with Gasteiger partial charge in [0.2, 0.25) is 0 Å². The second-order valence-corrected chi connectivity index (χ2v) is 5.79. The normalized spacial score (nSPS) is 11.9. The van der Waals surface area contributed by atoms with Crippen LogP contribution in [0.5, 0.6) is 0 Å². The largest absolute Gasteiger partial charge is 0.367 e. The van der Waals surface area contributed by atoms with Crippen molar-refractivity contribution in [3.63, 3.8) is 0 Å². The van der Waals surface area contributed by atoms with Crippen LogP contribution in [0.3, 0.4) is 0 Å². The van der Waals surface area contributed by atoms with Crippen molar-refractivity contribution in [1.82, 2.24) is 9.88 Å². The van der Waals surface area contributed by atoms with E-state index in [9.17, 15) is 4.79 Å². The van der Waals surface area contributed by atoms with Crippen LogP contribution in [0.2, 0.25) is 0 Å². The minimum absolute atomic E-state index is 0.0321. The third-order valence-electron chi connectivity index (χ3n) is 2.93. The first-order valence-corrected chi connectivity index (χ1v) is 7.46. The highest BCUT2D eigenvalue weighted by Crippen LogP contribution is 2.12. The third kappa shape index (κ3) is 3.81. The van der Waals surface area contributed by atoms with Crippen molar-refractivity contribution >= 4 is 23.1 Å². The van der Waals surface area contributed by atoms with E-state index in [1.165, 1.54) is 5.56 Å². The fraction of sp³-hybridized carbons (Fsp3) is 0.333. The van der Waals surface area contributed by atoms with Gasteiger partial charge >= 0.3 is 0 Å². The Labute approximate surface area is 123 Å². The highest BCUT2D eigenvalue weighted by molar-refractivity contribution is 7.07. The van der Waals surface area contributed by atoms with Crippen LogP contribution >= 0.6 is 11.3 Å². The van der Waals surface area contributed by atoms with Gasteiger partial charge in [-0.1, -0.05) is 0 Å². The highest BCUT2D eigenvalue weighted by Gasteiger charge is 2.09. The predicted octanol–water partition coefficient (Wildman–Crippen LogP) is 2.89. The predicted molar refractivity (Wildman–Crippen MR) is 83.4 cm³/mol. The van der Waals surface area contributed by atoms with Crippen LogP contribution in [-0.2, 0) is 6.42 Å². The van der Waals surface area contributed by atoms with Crippen molar-refractivity contribution < 1.29 is 4.79 Å². The molecule has 0 saturated carbocycles. The van der Waals surface area contributed by atoms with Gasteiger partial charge in [-0.25, -0.2) is 4.98 Å². The molecule has 0 radical (unpaired) electrons. The van der Waals surface area contributed by atoms with E-state index in [0.717, 1.165) is 12.2 Å². The number of hydrogen-bond acceptors (Lipinski definition) is 4. The topological polar surface area (TPSA) is 45.2 Å². The zero-order chi connectivity index (χ0) is 14.5. The molecule has 1 unspecified atom stereocenters. The fourth-order valence-corrected chi connectivity index (χ4v) is 2.61. The molecule has 20 heavy (non-hydrogen) atoms. The highest BCUT2D eigenvalue weighted by atomic mass is 32.1. The molecular weight excluding hydrogens is 270 g/mol. The Hall–Kier alpha value is -1.88. The molecule has 4 nitrogen and oxygen atoms in total. The van der Waals surface area contributed by atoms with Crippen molar-refractivity contribution in [2.45, 2.75) is 19.4 Å². The van der Waals surface area contributed by atoms with Gasteiger partial charge in [0.15, 0.2) is 0 Å². The van der Waals surface area contributed by atoms with E-state index in [2.05, 4.69) is 34.1 Å². The Morgan fingerprint density at radius 2 is 2.20 bits per heavy atom. The number of rotatable bonds is 5. The fourth-order valence-electron chi connectivity index (χ4n) is 1.93. The standard InChI is InChI=1S/C15H19N3OS/c1-11(8-12-6-7-20-10-12)17-14-5-4-13(9-16-14)15(19)18(2)3/h4-7,9-11H,8H2,1-3H3,(H,16,17). The van der Waals surface area contributed by atoms with E-state index in [4.69, 9.17) is 0 Å². The number of nitrogens with one attached hydrogen (secondary N) is 1. The van der Waals surface area contributed by atoms with Crippen LogP contribution in [0.1, 0.15) is 22.8 Å². The molecule has 0 aliphatic carbocycles. The van der Waals surface area contributed by atoms with Gasteiger partial charge in [0, 0.05) is 26.3 Å². The Morgan fingerprint density at radius 3 is 2.75 bits per heavy atom. The van der Waals surface area contributed by atoms with Crippen LogP contribution in [0.4, 0.5) is 5.82 Å². The molecule has 0 spiro atoms. The molecule has 5 heteroatoms. The van der Waals surface area contributed by atoms with Crippen LogP contribution in [0, 0.1) is 0 Å². The Morgan fingerprint density at radius 1 is 1.40 bits per heavy atom. The number of anilines is 1. The van der Waals surface area contributed by atoms with E-state index in [0.29, 0.717) is 11.6 Å². The lowest BCUT2D eigenvalue weighted by Crippen LogP contribution is -2.22. The summed E-state index contributed by atoms with van der Waals surface area (Å²) in [6.07, 6.45) is 2.57. The zero-order valence-electron chi connectivity index (χ0n) is 12.0. The number of pyridine rings is 1. The van der Waals surface area contributed by atoms with Gasteiger partial charge in [-0.3, -0.25) is 4.79 Å². The summed E-state index contributed by atoms with van der Waals surface area (Å²) >= 11 is 1.71. The van der Waals surface area contributed by atoms with Crippen LogP contribution < -0.4 is 5.32 Å². The number of carbonyl (C=O) groups excluding carboxylic acids is 1. The van der Waals surface area contributed by atoms with Crippen molar-refractivity contribution in [1.29, 1.82) is 0 Å². The third-order valence-corrected chi connectivity index (χ3v) is 3.66. The Balaban J connectivity index is 1.95. The number of aromatic nitrogens is 1. The lowest BCUT2D eigenvalue weighted by molar-refractivity contribution is 0.0827. The molecule has 0 fully saturated rings. The smallest absolute Gasteiger partial charge is 0.254 e. The second-order valence-electron chi connectivity index (χ2n) is 5.01. The number of amides is 1. The average molecular weight is 289 g/mol. The lowest BCUT2D eigenvalue weighted by atomic mass is 10.1. The van der Waals surface area contributed by atoms with E-state index in [1.807, 2.05) is 6.07 Å². The summed E-state index contributed by atoms with van der Waals surface area (Å²) in [5.74, 6) is 0.762. The van der Waals surface area contributed by atoms with E-state index in [1.54, 1.807) is 42.6 Å². The molecule has 2 rings (SSSR count). The van der Waals surface area contributed by atoms with Crippen molar-refractivity contribution in [3.8, 4) is 0 Å². The number of hydrogen-bond donors (Lipinski definition) is 1. The Bertz CT molecular complexity index is 549. The number of carbonyl (C=O) groups is 1. The van der Waals surface area contributed by atoms with E-state index < -0.39 is 0 Å². The first-order chi connectivity index (χ1) is 9.56. The second kappa shape index (κ2) is 6.52. The maximum Gasteiger partial charge on any atom is 0.254 e. The molecule has 0 aromatic carbocycles. The summed E-state index contributed by atoms with van der Waals surface area (Å²) in [6, 6.07) is 6.08. The average Bonchev–Trinajstić information content (AvgIpc) is 2.91. The maximum absolute atomic E-state index is 11.8. The quantitative estimate of drug-likeness (QED) is 0.920. The van der Waals surface area contributed by atoms with Gasteiger partial charge in [0.25, 0.3) is 5.91 Å². The van der Waals surface area contributed by atoms with Crippen molar-refractivity contribution in [3.05, 3.63) is 46.3 Å². The summed E-state index contributed by atoms with van der Waals surface area (Å²) in [7, 11) is 3.47. The zero-order valence-corrected chi connectivity index (χ0v) is 12.8. The molecular formula is C15H19N3OS. The van der Waals surface area contributed by atoms with Gasteiger partial charge in [0.1, 0.15) is 5.82 Å². The first kappa shape index (κ1) is 14.5. The van der Waals surface area contributed by atoms with Crippen molar-refractivity contribution in [2.75, 3.05) is 19.4 Å². The summed E-state index contributed by atoms with van der Waals surface area (Å²) in [5, 5.41) is 7.59. The van der Waals surface area contributed by atoms with Crippen LogP contribution in [0.15, 0.2) is 35.2 Å². The molecule has 0 saturated heterocycles.